The molecule has 0 saturated carbocycles. The molecule has 0 rings (SSSR count). The Hall–Kier alpha value is -1.11. The summed E-state index contributed by atoms with van der Waals surface area (Å²) in [5, 5.41) is 2.40. The average Bonchev–Trinajstić information content (AvgIpc) is 2.16. The lowest BCUT2D eigenvalue weighted by Crippen LogP contribution is -2.48. The summed E-state index contributed by atoms with van der Waals surface area (Å²) in [6.07, 6.45) is 1.03. The van der Waals surface area contributed by atoms with Crippen molar-refractivity contribution in [2.75, 3.05) is 19.4 Å². The molecule has 17 heavy (non-hydrogen) atoms. The number of rotatable bonds is 6. The van der Waals surface area contributed by atoms with E-state index >= 15 is 0 Å². The van der Waals surface area contributed by atoms with Crippen molar-refractivity contribution in [1.29, 1.82) is 0 Å². The maximum Gasteiger partial charge on any atom is 0.307 e. The first kappa shape index (κ1) is 15.9. The van der Waals surface area contributed by atoms with Gasteiger partial charge in [-0.2, -0.15) is 0 Å². The monoisotopic (exact) mass is 265 g/mol. The lowest BCUT2D eigenvalue weighted by Gasteiger charge is -2.21. The molecular weight excluding hydrogens is 246 g/mol. The Kier molecular flexibility index (Phi) is 5.60. The molecule has 0 fully saturated rings. The van der Waals surface area contributed by atoms with Gasteiger partial charge in [-0.05, 0) is 20.8 Å². The van der Waals surface area contributed by atoms with E-state index in [1.807, 2.05) is 0 Å². The van der Waals surface area contributed by atoms with Crippen LogP contribution in [0.3, 0.4) is 0 Å². The molecule has 1 amide bonds. The van der Waals surface area contributed by atoms with Crippen molar-refractivity contribution in [3.8, 4) is 0 Å². The third-order valence-electron chi connectivity index (χ3n) is 2.39. The molecule has 0 spiro atoms. The van der Waals surface area contributed by atoms with Crippen LogP contribution in [0.4, 0.5) is 0 Å². The molecule has 100 valence electrons. The highest BCUT2D eigenvalue weighted by Crippen LogP contribution is 2.14. The fourth-order valence-corrected chi connectivity index (χ4v) is 1.30. The van der Waals surface area contributed by atoms with Crippen LogP contribution in [0.25, 0.3) is 0 Å². The van der Waals surface area contributed by atoms with Gasteiger partial charge < -0.3 is 10.1 Å². The van der Waals surface area contributed by atoms with E-state index in [4.69, 9.17) is 0 Å². The minimum absolute atomic E-state index is 0.0272. The summed E-state index contributed by atoms with van der Waals surface area (Å²) < 4.78 is 25.9. The van der Waals surface area contributed by atoms with E-state index in [2.05, 4.69) is 10.1 Å². The van der Waals surface area contributed by atoms with Crippen molar-refractivity contribution in [1.82, 2.24) is 5.32 Å². The fraction of sp³-hybridized carbons (Fsp3) is 0.800. The molecule has 1 N–H and O–H groups in total. The van der Waals surface area contributed by atoms with E-state index in [1.54, 1.807) is 6.92 Å². The van der Waals surface area contributed by atoms with Crippen LogP contribution < -0.4 is 5.32 Å². The smallest absolute Gasteiger partial charge is 0.307 e. The predicted molar refractivity (Wildman–Crippen MR) is 63.2 cm³/mol. The zero-order valence-electron chi connectivity index (χ0n) is 10.6. The number of nitrogens with one attached hydrogen (secondary N) is 1. The normalized spacial score (nSPS) is 12.0. The number of sulfone groups is 1. The highest BCUT2D eigenvalue weighted by atomic mass is 32.2. The predicted octanol–water partition coefficient (Wildman–Crippen LogP) is -0.121. The number of carbonyl (C=O) groups is 2. The molecule has 7 heteroatoms. The molecule has 0 aromatic rings. The fourth-order valence-electron chi connectivity index (χ4n) is 0.892. The number of esters is 1. The number of hydrogen-bond donors (Lipinski definition) is 1. The summed E-state index contributed by atoms with van der Waals surface area (Å²) in [6.45, 7) is 4.67. The lowest BCUT2D eigenvalue weighted by atomic mass is 10.2. The molecule has 6 nitrogen and oxygen atoms in total. The summed E-state index contributed by atoms with van der Waals surface area (Å²) in [5.41, 5.74) is 0. The maximum atomic E-state index is 11.6. The van der Waals surface area contributed by atoms with Gasteiger partial charge in [-0.25, -0.2) is 8.42 Å². The number of hydrogen-bond acceptors (Lipinski definition) is 5. The van der Waals surface area contributed by atoms with Crippen molar-refractivity contribution >= 4 is 21.7 Å². The molecule has 0 aromatic carbocycles. The van der Waals surface area contributed by atoms with Gasteiger partial charge in [0.15, 0.2) is 9.84 Å². The second-order valence-electron chi connectivity index (χ2n) is 4.09. The maximum absolute atomic E-state index is 11.6. The second kappa shape index (κ2) is 6.00. The van der Waals surface area contributed by atoms with Crippen molar-refractivity contribution in [3.63, 3.8) is 0 Å². The van der Waals surface area contributed by atoms with Crippen molar-refractivity contribution in [2.24, 2.45) is 0 Å². The summed E-state index contributed by atoms with van der Waals surface area (Å²) >= 11 is 0. The van der Waals surface area contributed by atoms with Gasteiger partial charge in [-0.3, -0.25) is 9.59 Å². The molecule has 0 atom stereocenters. The molecule has 0 radical (unpaired) electrons. The van der Waals surface area contributed by atoms with Crippen LogP contribution in [0.15, 0.2) is 0 Å². The molecular formula is C10H19NO5S. The first-order valence-electron chi connectivity index (χ1n) is 5.26. The Morgan fingerprint density at radius 2 is 1.82 bits per heavy atom. The topological polar surface area (TPSA) is 89.5 Å². The number of ether oxygens (including phenoxy) is 1. The molecule has 0 saturated heterocycles. The van der Waals surface area contributed by atoms with E-state index in [1.165, 1.54) is 13.8 Å². The van der Waals surface area contributed by atoms with Gasteiger partial charge in [0.1, 0.15) is 4.75 Å². The molecule has 0 bridgehead atoms. The molecule has 0 aromatic heterocycles. The first-order valence-corrected chi connectivity index (χ1v) is 7.15. The third-order valence-corrected chi connectivity index (χ3v) is 4.43. The van der Waals surface area contributed by atoms with Gasteiger partial charge in [0.2, 0.25) is 5.91 Å². The Morgan fingerprint density at radius 1 is 1.29 bits per heavy atom. The van der Waals surface area contributed by atoms with Gasteiger partial charge in [0.25, 0.3) is 0 Å². The quantitative estimate of drug-likeness (QED) is 0.676. The Morgan fingerprint density at radius 3 is 2.24 bits per heavy atom. The largest absolute Gasteiger partial charge is 0.466 e. The number of carbonyl (C=O) groups excluding carboxylic acids is 2. The van der Waals surface area contributed by atoms with Gasteiger partial charge >= 0.3 is 5.97 Å². The average molecular weight is 265 g/mol. The zero-order valence-corrected chi connectivity index (χ0v) is 11.4. The highest BCUT2D eigenvalue weighted by Gasteiger charge is 2.38. The summed E-state index contributed by atoms with van der Waals surface area (Å²) in [6, 6.07) is 0. The summed E-state index contributed by atoms with van der Waals surface area (Å²) in [7, 11) is -3.49. The van der Waals surface area contributed by atoms with Crippen LogP contribution >= 0.6 is 0 Å². The molecule has 0 unspecified atom stereocenters. The van der Waals surface area contributed by atoms with E-state index in [0.717, 1.165) is 6.26 Å². The Labute approximate surface area is 102 Å². The van der Waals surface area contributed by atoms with Crippen LogP contribution in [0.1, 0.15) is 27.2 Å². The number of amides is 1. The van der Waals surface area contributed by atoms with Crippen LogP contribution in [0.5, 0.6) is 0 Å². The summed E-state index contributed by atoms with van der Waals surface area (Å²) in [5.74, 6) is -1.05. The molecule has 0 heterocycles. The van der Waals surface area contributed by atoms with Gasteiger partial charge in [0.05, 0.1) is 13.0 Å². The standard InChI is InChI=1S/C10H19NO5S/c1-5-16-8(12)6-7-11-9(13)10(2,3)17(4,14)15/h5-7H2,1-4H3,(H,11,13). The highest BCUT2D eigenvalue weighted by molar-refractivity contribution is 7.92. The van der Waals surface area contributed by atoms with E-state index in [-0.39, 0.29) is 19.6 Å². The van der Waals surface area contributed by atoms with Crippen LogP contribution in [-0.4, -0.2) is 44.4 Å². The van der Waals surface area contributed by atoms with E-state index < -0.39 is 26.5 Å². The second-order valence-corrected chi connectivity index (χ2v) is 6.66. The van der Waals surface area contributed by atoms with Gasteiger partial charge in [-0.1, -0.05) is 0 Å². The van der Waals surface area contributed by atoms with Crippen molar-refractivity contribution in [3.05, 3.63) is 0 Å². The third kappa shape index (κ3) is 4.72. The van der Waals surface area contributed by atoms with E-state index in [9.17, 15) is 18.0 Å². The molecule has 0 aliphatic carbocycles. The van der Waals surface area contributed by atoms with E-state index in [0.29, 0.717) is 0 Å². The zero-order chi connectivity index (χ0) is 13.7. The lowest BCUT2D eigenvalue weighted by molar-refractivity contribution is -0.143. The van der Waals surface area contributed by atoms with Crippen molar-refractivity contribution in [2.45, 2.75) is 31.9 Å². The van der Waals surface area contributed by atoms with Crippen LogP contribution in [0, 0.1) is 0 Å². The van der Waals surface area contributed by atoms with Gasteiger partial charge in [0, 0.05) is 12.8 Å². The van der Waals surface area contributed by atoms with Gasteiger partial charge in [-0.15, -0.1) is 0 Å². The van der Waals surface area contributed by atoms with Crippen LogP contribution in [-0.2, 0) is 24.2 Å². The Balaban J connectivity index is 4.25. The van der Waals surface area contributed by atoms with Crippen molar-refractivity contribution < 1.29 is 22.7 Å². The SMILES string of the molecule is CCOC(=O)CCNC(=O)C(C)(C)S(C)(=O)=O. The summed E-state index contributed by atoms with van der Waals surface area (Å²) in [4.78, 5) is 22.6. The van der Waals surface area contributed by atoms with Crippen LogP contribution in [0.2, 0.25) is 0 Å². The first-order chi connectivity index (χ1) is 7.63. The minimum Gasteiger partial charge on any atom is -0.466 e. The minimum atomic E-state index is -3.49. The Bertz CT molecular complexity index is 386. The molecule has 0 aliphatic rings. The molecule has 0 aliphatic heterocycles.